The summed E-state index contributed by atoms with van der Waals surface area (Å²) >= 11 is 13.5. The third-order valence-electron chi connectivity index (χ3n) is 4.73. The van der Waals surface area contributed by atoms with Gasteiger partial charge in [0.1, 0.15) is 0 Å². The average molecular weight is 478 g/mol. The highest BCUT2D eigenvalue weighted by molar-refractivity contribution is 7.99. The van der Waals surface area contributed by atoms with Crippen molar-refractivity contribution in [2.24, 2.45) is 0 Å². The number of hydrogen-bond donors (Lipinski definition) is 1. The standard InChI is InChI=1S/C21H21Cl2N5O2S/c22-15-5-7-16(8-6-15)28-19(13-27-9-11-30-12-10-27)25-26-21(28)31-14-20(29)24-18-4-2-1-3-17(18)23/h1-8H,9-14H2,(H,24,29). The number of halogens is 2. The van der Waals surface area contributed by atoms with Crippen molar-refractivity contribution in [1.82, 2.24) is 19.7 Å². The molecule has 1 aliphatic rings. The van der Waals surface area contributed by atoms with Gasteiger partial charge in [-0.3, -0.25) is 14.3 Å². The fraction of sp³-hybridized carbons (Fsp3) is 0.286. The van der Waals surface area contributed by atoms with Crippen molar-refractivity contribution in [2.45, 2.75) is 11.7 Å². The van der Waals surface area contributed by atoms with E-state index in [-0.39, 0.29) is 11.7 Å². The summed E-state index contributed by atoms with van der Waals surface area (Å²) < 4.78 is 7.41. The molecule has 1 saturated heterocycles. The van der Waals surface area contributed by atoms with Crippen molar-refractivity contribution >= 4 is 46.6 Å². The van der Waals surface area contributed by atoms with Crippen molar-refractivity contribution < 1.29 is 9.53 Å². The number of ether oxygens (including phenoxy) is 1. The number of anilines is 1. The smallest absolute Gasteiger partial charge is 0.234 e. The molecule has 31 heavy (non-hydrogen) atoms. The maximum atomic E-state index is 12.5. The summed E-state index contributed by atoms with van der Waals surface area (Å²) in [5, 5.41) is 13.4. The van der Waals surface area contributed by atoms with Gasteiger partial charge in [0.25, 0.3) is 0 Å². The SMILES string of the molecule is O=C(CSc1nnc(CN2CCOCC2)n1-c1ccc(Cl)cc1)Nc1ccccc1Cl. The van der Waals surface area contributed by atoms with Gasteiger partial charge in [-0.25, -0.2) is 0 Å². The lowest BCUT2D eigenvalue weighted by molar-refractivity contribution is -0.113. The Hall–Kier alpha value is -2.10. The number of para-hydroxylation sites is 1. The van der Waals surface area contributed by atoms with Crippen LogP contribution in [0.2, 0.25) is 10.0 Å². The second kappa shape index (κ2) is 10.5. The number of thioether (sulfide) groups is 1. The lowest BCUT2D eigenvalue weighted by Gasteiger charge is -2.26. The molecule has 162 valence electrons. The molecule has 0 bridgehead atoms. The third-order valence-corrected chi connectivity index (χ3v) is 6.24. The van der Waals surface area contributed by atoms with E-state index in [2.05, 4.69) is 20.4 Å². The molecule has 0 radical (unpaired) electrons. The zero-order valence-electron chi connectivity index (χ0n) is 16.6. The van der Waals surface area contributed by atoms with E-state index in [0.29, 0.717) is 40.6 Å². The summed E-state index contributed by atoms with van der Waals surface area (Å²) in [7, 11) is 0. The quantitative estimate of drug-likeness (QED) is 0.515. The number of aromatic nitrogens is 3. The Bertz CT molecular complexity index is 1040. The van der Waals surface area contributed by atoms with Crippen LogP contribution in [0.3, 0.4) is 0 Å². The minimum absolute atomic E-state index is 0.168. The Morgan fingerprint density at radius 3 is 2.55 bits per heavy atom. The van der Waals surface area contributed by atoms with E-state index in [4.69, 9.17) is 27.9 Å². The molecule has 0 saturated carbocycles. The number of morpholine rings is 1. The first-order valence-corrected chi connectivity index (χ1v) is 11.5. The summed E-state index contributed by atoms with van der Waals surface area (Å²) in [5.74, 6) is 0.811. The van der Waals surface area contributed by atoms with Gasteiger partial charge >= 0.3 is 0 Å². The zero-order chi connectivity index (χ0) is 21.6. The number of carbonyl (C=O) groups is 1. The molecule has 1 aliphatic heterocycles. The Kier molecular flexibility index (Phi) is 7.47. The lowest BCUT2D eigenvalue weighted by Crippen LogP contribution is -2.36. The molecule has 1 fully saturated rings. The van der Waals surface area contributed by atoms with Gasteiger partial charge in [-0.2, -0.15) is 0 Å². The molecule has 2 aromatic carbocycles. The van der Waals surface area contributed by atoms with Crippen LogP contribution in [-0.4, -0.2) is 57.6 Å². The monoisotopic (exact) mass is 477 g/mol. The van der Waals surface area contributed by atoms with Gasteiger partial charge in [0.15, 0.2) is 11.0 Å². The highest BCUT2D eigenvalue weighted by Crippen LogP contribution is 2.25. The first kappa shape index (κ1) is 22.1. The molecule has 0 unspecified atom stereocenters. The predicted octanol–water partition coefficient (Wildman–Crippen LogP) is 4.14. The van der Waals surface area contributed by atoms with Crippen LogP contribution in [0, 0.1) is 0 Å². The molecule has 1 amide bonds. The first-order valence-electron chi connectivity index (χ1n) is 9.77. The largest absolute Gasteiger partial charge is 0.379 e. The Balaban J connectivity index is 1.51. The van der Waals surface area contributed by atoms with Gasteiger partial charge in [-0.05, 0) is 36.4 Å². The molecule has 1 N–H and O–H groups in total. The second-order valence-electron chi connectivity index (χ2n) is 6.92. The molecular weight excluding hydrogens is 457 g/mol. The van der Waals surface area contributed by atoms with Crippen LogP contribution in [0.5, 0.6) is 0 Å². The first-order chi connectivity index (χ1) is 15.1. The maximum Gasteiger partial charge on any atom is 0.234 e. The molecular formula is C21H21Cl2N5O2S. The number of hydrogen-bond acceptors (Lipinski definition) is 6. The van der Waals surface area contributed by atoms with E-state index < -0.39 is 0 Å². The van der Waals surface area contributed by atoms with Gasteiger partial charge in [-0.1, -0.05) is 47.1 Å². The van der Waals surface area contributed by atoms with Crippen molar-refractivity contribution in [3.05, 3.63) is 64.4 Å². The molecule has 4 rings (SSSR count). The van der Waals surface area contributed by atoms with E-state index in [1.54, 1.807) is 12.1 Å². The third kappa shape index (κ3) is 5.78. The molecule has 10 heteroatoms. The van der Waals surface area contributed by atoms with Crippen LogP contribution >= 0.6 is 35.0 Å². The number of carbonyl (C=O) groups excluding carboxylic acids is 1. The van der Waals surface area contributed by atoms with E-state index in [0.717, 1.165) is 24.6 Å². The van der Waals surface area contributed by atoms with E-state index in [1.807, 2.05) is 41.0 Å². The van der Waals surface area contributed by atoms with Gasteiger partial charge in [0.05, 0.1) is 36.2 Å². The molecule has 0 aliphatic carbocycles. The van der Waals surface area contributed by atoms with Crippen LogP contribution in [0.15, 0.2) is 53.7 Å². The number of benzene rings is 2. The Morgan fingerprint density at radius 1 is 1.06 bits per heavy atom. The summed E-state index contributed by atoms with van der Waals surface area (Å²) in [6.45, 7) is 3.75. The molecule has 0 spiro atoms. The number of amides is 1. The van der Waals surface area contributed by atoms with E-state index in [9.17, 15) is 4.79 Å². The predicted molar refractivity (Wildman–Crippen MR) is 123 cm³/mol. The summed E-state index contributed by atoms with van der Waals surface area (Å²) in [5.41, 5.74) is 1.48. The minimum atomic E-state index is -0.168. The van der Waals surface area contributed by atoms with Crippen molar-refractivity contribution in [3.8, 4) is 5.69 Å². The van der Waals surface area contributed by atoms with Crippen LogP contribution in [-0.2, 0) is 16.1 Å². The van der Waals surface area contributed by atoms with E-state index in [1.165, 1.54) is 11.8 Å². The fourth-order valence-electron chi connectivity index (χ4n) is 3.18. The van der Waals surface area contributed by atoms with Crippen molar-refractivity contribution in [1.29, 1.82) is 0 Å². The van der Waals surface area contributed by atoms with Crippen molar-refractivity contribution in [2.75, 3.05) is 37.4 Å². The summed E-state index contributed by atoms with van der Waals surface area (Å²) in [4.78, 5) is 14.7. The highest BCUT2D eigenvalue weighted by Gasteiger charge is 2.20. The van der Waals surface area contributed by atoms with Gasteiger partial charge in [-0.15, -0.1) is 10.2 Å². The van der Waals surface area contributed by atoms with Gasteiger partial charge in [0.2, 0.25) is 5.91 Å². The van der Waals surface area contributed by atoms with Gasteiger partial charge in [0, 0.05) is 23.8 Å². The number of nitrogens with one attached hydrogen (secondary N) is 1. The van der Waals surface area contributed by atoms with Crippen LogP contribution in [0.4, 0.5) is 5.69 Å². The number of nitrogens with zero attached hydrogens (tertiary/aromatic N) is 4. The maximum absolute atomic E-state index is 12.5. The Labute approximate surface area is 194 Å². The molecule has 3 aromatic rings. The van der Waals surface area contributed by atoms with Crippen molar-refractivity contribution in [3.63, 3.8) is 0 Å². The molecule has 1 aromatic heterocycles. The lowest BCUT2D eigenvalue weighted by atomic mass is 10.3. The summed E-state index contributed by atoms with van der Waals surface area (Å²) in [6.07, 6.45) is 0. The average Bonchev–Trinajstić information content (AvgIpc) is 3.17. The van der Waals surface area contributed by atoms with Gasteiger partial charge < -0.3 is 10.1 Å². The fourth-order valence-corrected chi connectivity index (χ4v) is 4.26. The van der Waals surface area contributed by atoms with Crippen LogP contribution in [0.25, 0.3) is 5.69 Å². The minimum Gasteiger partial charge on any atom is -0.379 e. The summed E-state index contributed by atoms with van der Waals surface area (Å²) in [6, 6.07) is 14.6. The van der Waals surface area contributed by atoms with Crippen LogP contribution in [0.1, 0.15) is 5.82 Å². The van der Waals surface area contributed by atoms with E-state index >= 15 is 0 Å². The number of rotatable bonds is 7. The molecule has 7 nitrogen and oxygen atoms in total. The second-order valence-corrected chi connectivity index (χ2v) is 8.70. The highest BCUT2D eigenvalue weighted by atomic mass is 35.5. The Morgan fingerprint density at radius 2 is 1.81 bits per heavy atom. The zero-order valence-corrected chi connectivity index (χ0v) is 19.0. The molecule has 2 heterocycles. The molecule has 0 atom stereocenters. The normalized spacial score (nSPS) is 14.5. The van der Waals surface area contributed by atoms with Crippen LogP contribution < -0.4 is 5.32 Å². The topological polar surface area (TPSA) is 72.3 Å².